The van der Waals surface area contributed by atoms with Crippen LogP contribution in [0.15, 0.2) is 18.3 Å². The van der Waals surface area contributed by atoms with E-state index in [1.54, 1.807) is 0 Å². The van der Waals surface area contributed by atoms with Gasteiger partial charge in [0.1, 0.15) is 0 Å². The SMILES string of the molecule is CCCn1cccc1CNCCN(C(C)C)C(C)C. The molecule has 19 heavy (non-hydrogen) atoms. The van der Waals surface area contributed by atoms with Crippen LogP contribution in [0.2, 0.25) is 0 Å². The Morgan fingerprint density at radius 3 is 2.47 bits per heavy atom. The van der Waals surface area contributed by atoms with Gasteiger partial charge in [-0.25, -0.2) is 0 Å². The van der Waals surface area contributed by atoms with Crippen LogP contribution in [0.3, 0.4) is 0 Å². The summed E-state index contributed by atoms with van der Waals surface area (Å²) in [4.78, 5) is 2.53. The molecule has 0 saturated carbocycles. The van der Waals surface area contributed by atoms with Crippen molar-refractivity contribution in [1.82, 2.24) is 14.8 Å². The molecule has 0 amide bonds. The molecule has 0 bridgehead atoms. The van der Waals surface area contributed by atoms with Crippen molar-refractivity contribution >= 4 is 0 Å². The second kappa shape index (κ2) is 8.39. The molecule has 0 saturated heterocycles. The maximum Gasteiger partial charge on any atom is 0.0359 e. The molecule has 1 heterocycles. The van der Waals surface area contributed by atoms with Gasteiger partial charge in [-0.2, -0.15) is 0 Å². The Balaban J connectivity index is 2.31. The highest BCUT2D eigenvalue weighted by molar-refractivity contribution is 5.06. The molecule has 0 atom stereocenters. The Bertz CT molecular complexity index is 334. The molecule has 0 fully saturated rings. The standard InChI is InChI=1S/C16H31N3/c1-6-10-18-11-7-8-16(18)13-17-9-12-19(14(2)3)15(4)5/h7-8,11,14-15,17H,6,9-10,12-13H2,1-5H3. The molecule has 0 aliphatic rings. The van der Waals surface area contributed by atoms with Crippen molar-refractivity contribution in [2.24, 2.45) is 0 Å². The molecule has 3 heteroatoms. The van der Waals surface area contributed by atoms with Crippen LogP contribution >= 0.6 is 0 Å². The Morgan fingerprint density at radius 1 is 1.21 bits per heavy atom. The number of aromatic nitrogens is 1. The van der Waals surface area contributed by atoms with Gasteiger partial charge in [0.2, 0.25) is 0 Å². The van der Waals surface area contributed by atoms with Gasteiger partial charge in [0.25, 0.3) is 0 Å². The maximum absolute atomic E-state index is 3.56. The summed E-state index contributed by atoms with van der Waals surface area (Å²) in [6.07, 6.45) is 3.37. The number of aryl methyl sites for hydroxylation is 1. The summed E-state index contributed by atoms with van der Waals surface area (Å²) in [6.45, 7) is 15.6. The number of nitrogens with one attached hydrogen (secondary N) is 1. The van der Waals surface area contributed by atoms with Crippen molar-refractivity contribution in [2.75, 3.05) is 13.1 Å². The summed E-state index contributed by atoms with van der Waals surface area (Å²) < 4.78 is 2.34. The average Bonchev–Trinajstić information content (AvgIpc) is 2.76. The van der Waals surface area contributed by atoms with Crippen LogP contribution < -0.4 is 5.32 Å². The van der Waals surface area contributed by atoms with Crippen LogP contribution in [0.4, 0.5) is 0 Å². The van der Waals surface area contributed by atoms with Crippen LogP contribution in [0.5, 0.6) is 0 Å². The zero-order chi connectivity index (χ0) is 14.3. The summed E-state index contributed by atoms with van der Waals surface area (Å²) in [5.74, 6) is 0. The Morgan fingerprint density at radius 2 is 1.89 bits per heavy atom. The van der Waals surface area contributed by atoms with Gasteiger partial charge in [-0.1, -0.05) is 6.92 Å². The van der Waals surface area contributed by atoms with Gasteiger partial charge in [0.05, 0.1) is 0 Å². The van der Waals surface area contributed by atoms with Crippen molar-refractivity contribution in [1.29, 1.82) is 0 Å². The van der Waals surface area contributed by atoms with Gasteiger partial charge in [-0.3, -0.25) is 4.90 Å². The summed E-state index contributed by atoms with van der Waals surface area (Å²) in [7, 11) is 0. The molecule has 0 aliphatic carbocycles. The highest BCUT2D eigenvalue weighted by Gasteiger charge is 2.12. The van der Waals surface area contributed by atoms with Gasteiger partial charge >= 0.3 is 0 Å². The zero-order valence-electron chi connectivity index (χ0n) is 13.3. The molecule has 0 spiro atoms. The lowest BCUT2D eigenvalue weighted by atomic mass is 10.2. The van der Waals surface area contributed by atoms with Crippen LogP contribution in [0.1, 0.15) is 46.7 Å². The molecular weight excluding hydrogens is 234 g/mol. The van der Waals surface area contributed by atoms with E-state index in [0.29, 0.717) is 12.1 Å². The summed E-state index contributed by atoms with van der Waals surface area (Å²) in [5, 5.41) is 3.56. The minimum Gasteiger partial charge on any atom is -0.350 e. The second-order valence-corrected chi connectivity index (χ2v) is 5.80. The lowest BCUT2D eigenvalue weighted by molar-refractivity contribution is 0.175. The van der Waals surface area contributed by atoms with Crippen LogP contribution in [-0.2, 0) is 13.1 Å². The third kappa shape index (κ3) is 5.37. The molecule has 1 aromatic rings. The lowest BCUT2D eigenvalue weighted by Gasteiger charge is -2.30. The molecule has 3 nitrogen and oxygen atoms in total. The van der Waals surface area contributed by atoms with Crippen molar-refractivity contribution in [3.05, 3.63) is 24.0 Å². The first-order valence-corrected chi connectivity index (χ1v) is 7.66. The topological polar surface area (TPSA) is 20.2 Å². The van der Waals surface area contributed by atoms with Gasteiger partial charge in [0.15, 0.2) is 0 Å². The van der Waals surface area contributed by atoms with Crippen LogP contribution in [-0.4, -0.2) is 34.6 Å². The van der Waals surface area contributed by atoms with E-state index < -0.39 is 0 Å². The highest BCUT2D eigenvalue weighted by Crippen LogP contribution is 2.05. The number of nitrogens with zero attached hydrogens (tertiary/aromatic N) is 2. The van der Waals surface area contributed by atoms with E-state index in [0.717, 1.165) is 26.2 Å². The lowest BCUT2D eigenvalue weighted by Crippen LogP contribution is -2.41. The van der Waals surface area contributed by atoms with Crippen molar-refractivity contribution in [3.63, 3.8) is 0 Å². The summed E-state index contributed by atoms with van der Waals surface area (Å²) >= 11 is 0. The zero-order valence-corrected chi connectivity index (χ0v) is 13.3. The molecule has 0 radical (unpaired) electrons. The maximum atomic E-state index is 3.56. The fourth-order valence-electron chi connectivity index (χ4n) is 2.61. The molecule has 1 N–H and O–H groups in total. The fraction of sp³-hybridized carbons (Fsp3) is 0.750. The normalized spacial score (nSPS) is 12.0. The molecule has 110 valence electrons. The number of hydrogen-bond donors (Lipinski definition) is 1. The third-order valence-corrected chi connectivity index (χ3v) is 3.57. The molecule has 1 rings (SSSR count). The highest BCUT2D eigenvalue weighted by atomic mass is 15.2. The van der Waals surface area contributed by atoms with E-state index in [2.05, 4.69) is 67.7 Å². The van der Waals surface area contributed by atoms with E-state index in [9.17, 15) is 0 Å². The number of hydrogen-bond acceptors (Lipinski definition) is 2. The summed E-state index contributed by atoms with van der Waals surface area (Å²) in [5.41, 5.74) is 1.39. The van der Waals surface area contributed by atoms with Crippen molar-refractivity contribution < 1.29 is 0 Å². The predicted octanol–water partition coefficient (Wildman–Crippen LogP) is 3.11. The smallest absolute Gasteiger partial charge is 0.0359 e. The minimum atomic E-state index is 0.616. The number of rotatable bonds is 9. The van der Waals surface area contributed by atoms with E-state index in [1.807, 2.05) is 0 Å². The van der Waals surface area contributed by atoms with Crippen LogP contribution in [0, 0.1) is 0 Å². The van der Waals surface area contributed by atoms with Crippen LogP contribution in [0.25, 0.3) is 0 Å². The summed E-state index contributed by atoms with van der Waals surface area (Å²) in [6, 6.07) is 5.59. The monoisotopic (exact) mass is 265 g/mol. The quantitative estimate of drug-likeness (QED) is 0.692. The fourth-order valence-corrected chi connectivity index (χ4v) is 2.61. The minimum absolute atomic E-state index is 0.616. The largest absolute Gasteiger partial charge is 0.350 e. The van der Waals surface area contributed by atoms with E-state index in [-0.39, 0.29) is 0 Å². The van der Waals surface area contributed by atoms with Gasteiger partial charge < -0.3 is 9.88 Å². The Hall–Kier alpha value is -0.800. The van der Waals surface area contributed by atoms with E-state index in [1.165, 1.54) is 12.1 Å². The molecule has 0 aromatic carbocycles. The predicted molar refractivity (Wildman–Crippen MR) is 83.4 cm³/mol. The molecule has 0 aliphatic heterocycles. The first-order valence-electron chi connectivity index (χ1n) is 7.66. The Labute approximate surface area is 119 Å². The van der Waals surface area contributed by atoms with Gasteiger partial charge in [-0.05, 0) is 46.2 Å². The van der Waals surface area contributed by atoms with Gasteiger partial charge in [-0.15, -0.1) is 0 Å². The molecular formula is C16H31N3. The van der Waals surface area contributed by atoms with Gasteiger partial charge in [0, 0.05) is 50.2 Å². The Kier molecular flexibility index (Phi) is 7.17. The second-order valence-electron chi connectivity index (χ2n) is 5.80. The van der Waals surface area contributed by atoms with E-state index >= 15 is 0 Å². The average molecular weight is 265 g/mol. The first kappa shape index (κ1) is 16.3. The molecule has 1 aromatic heterocycles. The first-order chi connectivity index (χ1) is 9.06. The molecule has 0 unspecified atom stereocenters. The van der Waals surface area contributed by atoms with Crippen molar-refractivity contribution in [3.8, 4) is 0 Å². The third-order valence-electron chi connectivity index (χ3n) is 3.57. The van der Waals surface area contributed by atoms with E-state index in [4.69, 9.17) is 0 Å². The van der Waals surface area contributed by atoms with Crippen molar-refractivity contribution in [2.45, 2.75) is 66.2 Å².